The summed E-state index contributed by atoms with van der Waals surface area (Å²) in [6, 6.07) is 7.16. The van der Waals surface area contributed by atoms with Gasteiger partial charge in [-0.05, 0) is 18.4 Å². The third-order valence-electron chi connectivity index (χ3n) is 2.71. The van der Waals surface area contributed by atoms with Crippen molar-refractivity contribution in [2.45, 2.75) is 32.9 Å². The zero-order valence-corrected chi connectivity index (χ0v) is 12.5. The van der Waals surface area contributed by atoms with Crippen LogP contribution >= 0.6 is 12.4 Å². The Hall–Kier alpha value is -1.26. The fourth-order valence-electron chi connectivity index (χ4n) is 1.78. The van der Waals surface area contributed by atoms with Crippen molar-refractivity contribution in [2.24, 2.45) is 11.7 Å². The highest BCUT2D eigenvalue weighted by Crippen LogP contribution is 2.16. The van der Waals surface area contributed by atoms with Crippen molar-refractivity contribution in [1.82, 2.24) is 5.32 Å². The molecule has 1 atom stereocenters. The minimum atomic E-state index is -0.445. The van der Waals surface area contributed by atoms with Gasteiger partial charge < -0.3 is 15.8 Å². The maximum absolute atomic E-state index is 11.8. The van der Waals surface area contributed by atoms with E-state index < -0.39 is 6.04 Å². The molecule has 1 rings (SSSR count). The lowest BCUT2D eigenvalue weighted by molar-refractivity contribution is -0.122. The summed E-state index contributed by atoms with van der Waals surface area (Å²) in [5.74, 6) is 1.07. The highest BCUT2D eigenvalue weighted by Gasteiger charge is 2.14. The fourth-order valence-corrected chi connectivity index (χ4v) is 1.78. The number of para-hydroxylation sites is 1. The highest BCUT2D eigenvalue weighted by atomic mass is 35.5. The Balaban J connectivity index is 0.00000324. The van der Waals surface area contributed by atoms with Gasteiger partial charge in [-0.25, -0.2) is 0 Å². The monoisotopic (exact) mass is 286 g/mol. The molecule has 1 aromatic carbocycles. The van der Waals surface area contributed by atoms with Gasteiger partial charge in [-0.15, -0.1) is 12.4 Å². The van der Waals surface area contributed by atoms with Crippen LogP contribution in [0.3, 0.4) is 0 Å². The molecule has 108 valence electrons. The number of carbonyl (C=O) groups excluding carboxylic acids is 1. The number of amides is 1. The van der Waals surface area contributed by atoms with Crippen molar-refractivity contribution >= 4 is 18.3 Å². The zero-order chi connectivity index (χ0) is 13.5. The van der Waals surface area contributed by atoms with Crippen LogP contribution in [0.25, 0.3) is 0 Å². The van der Waals surface area contributed by atoms with Gasteiger partial charge in [0.15, 0.2) is 0 Å². The maximum atomic E-state index is 11.8. The first-order chi connectivity index (χ1) is 8.54. The summed E-state index contributed by atoms with van der Waals surface area (Å²) in [5.41, 5.74) is 6.76. The van der Waals surface area contributed by atoms with Gasteiger partial charge in [-0.1, -0.05) is 32.0 Å². The summed E-state index contributed by atoms with van der Waals surface area (Å²) < 4.78 is 5.22. The predicted molar refractivity (Wildman–Crippen MR) is 79.5 cm³/mol. The summed E-state index contributed by atoms with van der Waals surface area (Å²) in [6.45, 7) is 4.54. The Bertz CT molecular complexity index is 397. The molecule has 0 heterocycles. The van der Waals surface area contributed by atoms with E-state index in [1.165, 1.54) is 0 Å². The quantitative estimate of drug-likeness (QED) is 0.842. The van der Waals surface area contributed by atoms with Crippen molar-refractivity contribution in [2.75, 3.05) is 7.11 Å². The van der Waals surface area contributed by atoms with Crippen LogP contribution in [0, 0.1) is 5.92 Å². The number of hydrogen-bond donors (Lipinski definition) is 2. The van der Waals surface area contributed by atoms with E-state index in [1.54, 1.807) is 7.11 Å². The van der Waals surface area contributed by atoms with E-state index in [0.717, 1.165) is 11.3 Å². The molecule has 0 aliphatic rings. The van der Waals surface area contributed by atoms with Gasteiger partial charge in [0.1, 0.15) is 5.75 Å². The van der Waals surface area contributed by atoms with Crippen LogP contribution in [0.4, 0.5) is 0 Å². The highest BCUT2D eigenvalue weighted by molar-refractivity contribution is 5.85. The lowest BCUT2D eigenvalue weighted by Crippen LogP contribution is -2.41. The molecule has 4 nitrogen and oxygen atoms in total. The first-order valence-electron chi connectivity index (χ1n) is 6.19. The molecular weight excluding hydrogens is 264 g/mol. The van der Waals surface area contributed by atoms with Crippen LogP contribution < -0.4 is 15.8 Å². The molecule has 1 aromatic rings. The van der Waals surface area contributed by atoms with Crippen LogP contribution in [0.15, 0.2) is 24.3 Å². The molecule has 0 aliphatic heterocycles. The van der Waals surface area contributed by atoms with Crippen molar-refractivity contribution in [1.29, 1.82) is 0 Å². The number of rotatable bonds is 6. The van der Waals surface area contributed by atoms with Gasteiger partial charge in [0.2, 0.25) is 5.91 Å². The van der Waals surface area contributed by atoms with Crippen molar-refractivity contribution < 1.29 is 9.53 Å². The number of halogens is 1. The van der Waals surface area contributed by atoms with Gasteiger partial charge in [-0.3, -0.25) is 4.79 Å². The Labute approximate surface area is 121 Å². The Kier molecular flexibility index (Phi) is 8.19. The van der Waals surface area contributed by atoms with Gasteiger partial charge >= 0.3 is 0 Å². The van der Waals surface area contributed by atoms with Crippen LogP contribution in [0.2, 0.25) is 0 Å². The molecule has 0 spiro atoms. The Morgan fingerprint density at radius 1 is 1.37 bits per heavy atom. The molecule has 0 unspecified atom stereocenters. The van der Waals surface area contributed by atoms with Gasteiger partial charge in [0.25, 0.3) is 0 Å². The largest absolute Gasteiger partial charge is 0.496 e. The lowest BCUT2D eigenvalue weighted by Gasteiger charge is -2.15. The lowest BCUT2D eigenvalue weighted by atomic mass is 10.0. The van der Waals surface area contributed by atoms with E-state index in [0.29, 0.717) is 18.9 Å². The molecule has 19 heavy (non-hydrogen) atoms. The molecule has 0 saturated heterocycles. The average Bonchev–Trinajstić information content (AvgIpc) is 2.35. The second-order valence-corrected chi connectivity index (χ2v) is 4.77. The first kappa shape index (κ1) is 17.7. The van der Waals surface area contributed by atoms with E-state index in [9.17, 15) is 4.79 Å². The summed E-state index contributed by atoms with van der Waals surface area (Å²) in [4.78, 5) is 11.8. The SMILES string of the molecule is COc1ccccc1CNC(=O)[C@@H](N)CC(C)C.Cl. The van der Waals surface area contributed by atoms with E-state index in [1.807, 2.05) is 38.1 Å². The molecule has 0 aromatic heterocycles. The molecule has 0 saturated carbocycles. The number of methoxy groups -OCH3 is 1. The van der Waals surface area contributed by atoms with E-state index >= 15 is 0 Å². The van der Waals surface area contributed by atoms with E-state index in [-0.39, 0.29) is 18.3 Å². The third kappa shape index (κ3) is 5.94. The number of carbonyl (C=O) groups is 1. The van der Waals surface area contributed by atoms with E-state index in [4.69, 9.17) is 10.5 Å². The van der Waals surface area contributed by atoms with E-state index in [2.05, 4.69) is 5.32 Å². The van der Waals surface area contributed by atoms with Crippen LogP contribution in [-0.2, 0) is 11.3 Å². The minimum Gasteiger partial charge on any atom is -0.496 e. The number of benzene rings is 1. The average molecular weight is 287 g/mol. The van der Waals surface area contributed by atoms with Crippen molar-refractivity contribution in [3.63, 3.8) is 0 Å². The number of ether oxygens (including phenoxy) is 1. The Morgan fingerprint density at radius 3 is 2.58 bits per heavy atom. The third-order valence-corrected chi connectivity index (χ3v) is 2.71. The molecule has 0 fully saturated rings. The summed E-state index contributed by atoms with van der Waals surface area (Å²) in [6.07, 6.45) is 0.692. The number of hydrogen-bond acceptors (Lipinski definition) is 3. The number of nitrogens with one attached hydrogen (secondary N) is 1. The fraction of sp³-hybridized carbons (Fsp3) is 0.500. The van der Waals surface area contributed by atoms with Crippen LogP contribution in [0.1, 0.15) is 25.8 Å². The molecule has 5 heteroatoms. The first-order valence-corrected chi connectivity index (χ1v) is 6.19. The molecular formula is C14H23ClN2O2. The van der Waals surface area contributed by atoms with Crippen LogP contribution in [-0.4, -0.2) is 19.1 Å². The second-order valence-electron chi connectivity index (χ2n) is 4.77. The van der Waals surface area contributed by atoms with Crippen molar-refractivity contribution in [3.8, 4) is 5.75 Å². The normalized spacial score (nSPS) is 11.6. The molecule has 1 amide bonds. The standard InChI is InChI=1S/C14H22N2O2.ClH/c1-10(2)8-12(15)14(17)16-9-11-6-4-5-7-13(11)18-3;/h4-7,10,12H,8-9,15H2,1-3H3,(H,16,17);1H/t12-;/m0./s1. The van der Waals surface area contributed by atoms with Crippen LogP contribution in [0.5, 0.6) is 5.75 Å². The minimum absolute atomic E-state index is 0. The summed E-state index contributed by atoms with van der Waals surface area (Å²) in [7, 11) is 1.62. The maximum Gasteiger partial charge on any atom is 0.237 e. The second kappa shape index (κ2) is 8.77. The number of nitrogens with two attached hydrogens (primary N) is 1. The molecule has 0 bridgehead atoms. The zero-order valence-electron chi connectivity index (χ0n) is 11.7. The smallest absolute Gasteiger partial charge is 0.237 e. The van der Waals surface area contributed by atoms with Gasteiger partial charge in [0, 0.05) is 12.1 Å². The molecule has 0 aliphatic carbocycles. The predicted octanol–water partition coefficient (Wildman–Crippen LogP) is 2.11. The molecule has 0 radical (unpaired) electrons. The van der Waals surface area contributed by atoms with Crippen molar-refractivity contribution in [3.05, 3.63) is 29.8 Å². The van der Waals surface area contributed by atoms with Gasteiger partial charge in [-0.2, -0.15) is 0 Å². The summed E-state index contributed by atoms with van der Waals surface area (Å²) >= 11 is 0. The topological polar surface area (TPSA) is 64.3 Å². The van der Waals surface area contributed by atoms with Gasteiger partial charge in [0.05, 0.1) is 13.2 Å². The molecule has 3 N–H and O–H groups in total. The summed E-state index contributed by atoms with van der Waals surface area (Å²) in [5, 5.41) is 2.83. The Morgan fingerprint density at radius 2 is 2.00 bits per heavy atom.